The van der Waals surface area contributed by atoms with E-state index in [1.165, 1.54) is 13.8 Å². The van der Waals surface area contributed by atoms with E-state index in [0.717, 1.165) is 13.3 Å². The molecule has 0 aromatic rings. The average molecular weight is 591 g/mol. The van der Waals surface area contributed by atoms with Gasteiger partial charge in [0.25, 0.3) is 0 Å². The standard InChI is InChI=1S/C28H47ClN2O9/c1-9-10-37-21-11-15(2)30-25(34)18(5)24(33)28(6,36)27(29)40-26(35)17(4)20(32)14-22(21)39-23-13-19(31(7)8)12-16(3)38-23/h9,15-19,21-24,27,33,36H,1,10-14H2,2-8H3,(H,30,34)/t15-,16?,17?,18?,19?,21?,22-,23?,24?,27+,28+/m1/s1. The van der Waals surface area contributed by atoms with E-state index < -0.39 is 71.3 Å². The summed E-state index contributed by atoms with van der Waals surface area (Å²) < 4.78 is 23.7. The lowest BCUT2D eigenvalue weighted by atomic mass is 9.89. The van der Waals surface area contributed by atoms with Gasteiger partial charge in [-0.25, -0.2) is 0 Å². The van der Waals surface area contributed by atoms with Gasteiger partial charge in [-0.3, -0.25) is 14.4 Å². The molecule has 1 amide bonds. The van der Waals surface area contributed by atoms with Gasteiger partial charge in [0.15, 0.2) is 6.29 Å². The van der Waals surface area contributed by atoms with Crippen LogP contribution in [-0.4, -0.2) is 107 Å². The molecule has 12 heteroatoms. The zero-order valence-electron chi connectivity index (χ0n) is 24.7. The van der Waals surface area contributed by atoms with Crippen molar-refractivity contribution in [3.8, 4) is 0 Å². The molecular weight excluding hydrogens is 544 g/mol. The Hall–Kier alpha value is -1.60. The number of halogens is 1. The Morgan fingerprint density at radius 2 is 1.80 bits per heavy atom. The van der Waals surface area contributed by atoms with Crippen LogP contribution in [0.3, 0.4) is 0 Å². The molecule has 230 valence electrons. The Balaban J connectivity index is 2.44. The second kappa shape index (κ2) is 15.0. The van der Waals surface area contributed by atoms with Crippen LogP contribution in [0.4, 0.5) is 0 Å². The van der Waals surface area contributed by atoms with Crippen LogP contribution in [0.15, 0.2) is 12.7 Å². The van der Waals surface area contributed by atoms with Crippen molar-refractivity contribution < 1.29 is 43.5 Å². The van der Waals surface area contributed by atoms with Gasteiger partial charge in [0.2, 0.25) is 11.5 Å². The fourth-order valence-electron chi connectivity index (χ4n) is 4.96. The van der Waals surface area contributed by atoms with Crippen molar-refractivity contribution in [2.45, 2.75) is 114 Å². The zero-order valence-corrected chi connectivity index (χ0v) is 25.4. The van der Waals surface area contributed by atoms with Gasteiger partial charge in [-0.05, 0) is 54.6 Å². The third kappa shape index (κ3) is 9.20. The Bertz CT molecular complexity index is 886. The Kier molecular flexibility index (Phi) is 13.0. The van der Waals surface area contributed by atoms with Crippen LogP contribution >= 0.6 is 11.6 Å². The summed E-state index contributed by atoms with van der Waals surface area (Å²) in [4.78, 5) is 41.3. The lowest BCUT2D eigenvalue weighted by Gasteiger charge is -2.39. The van der Waals surface area contributed by atoms with E-state index in [9.17, 15) is 24.6 Å². The number of carbonyl (C=O) groups is 3. The molecule has 0 saturated carbocycles. The maximum atomic E-state index is 13.4. The minimum Gasteiger partial charge on any atom is -0.442 e. The second-order valence-electron chi connectivity index (χ2n) is 11.5. The molecule has 0 aromatic carbocycles. The van der Waals surface area contributed by atoms with Gasteiger partial charge in [0.1, 0.15) is 17.3 Å². The van der Waals surface area contributed by atoms with Crippen molar-refractivity contribution in [1.82, 2.24) is 10.2 Å². The minimum absolute atomic E-state index is 0.0786. The molecule has 0 radical (unpaired) electrons. The molecule has 2 fully saturated rings. The van der Waals surface area contributed by atoms with Crippen LogP contribution in [0.5, 0.6) is 0 Å². The highest BCUT2D eigenvalue weighted by molar-refractivity contribution is 6.21. The number of hydrogen-bond donors (Lipinski definition) is 3. The van der Waals surface area contributed by atoms with E-state index in [0.29, 0.717) is 6.42 Å². The summed E-state index contributed by atoms with van der Waals surface area (Å²) in [6.07, 6.45) is -0.901. The molecule has 11 nitrogen and oxygen atoms in total. The number of alkyl halides is 1. The smallest absolute Gasteiger partial charge is 0.317 e. The first kappa shape index (κ1) is 34.6. The van der Waals surface area contributed by atoms with Gasteiger partial charge < -0.3 is 39.4 Å². The van der Waals surface area contributed by atoms with Gasteiger partial charge in [-0.1, -0.05) is 24.6 Å². The highest BCUT2D eigenvalue weighted by atomic mass is 35.5. The maximum Gasteiger partial charge on any atom is 0.317 e. The number of aliphatic hydroxyl groups excluding tert-OH is 1. The van der Waals surface area contributed by atoms with Crippen molar-refractivity contribution in [2.75, 3.05) is 20.7 Å². The molecule has 0 bridgehead atoms. The molecule has 0 aromatic heterocycles. The Morgan fingerprint density at radius 3 is 2.40 bits per heavy atom. The number of hydrogen-bond acceptors (Lipinski definition) is 10. The van der Waals surface area contributed by atoms with E-state index >= 15 is 0 Å². The molecule has 3 N–H and O–H groups in total. The predicted octanol–water partition coefficient (Wildman–Crippen LogP) is 1.76. The predicted molar refractivity (Wildman–Crippen MR) is 148 cm³/mol. The van der Waals surface area contributed by atoms with Crippen LogP contribution in [0.25, 0.3) is 0 Å². The Labute approximate surface area is 242 Å². The van der Waals surface area contributed by atoms with Crippen LogP contribution in [-0.2, 0) is 33.3 Å². The number of ether oxygens (including phenoxy) is 4. The second-order valence-corrected chi connectivity index (χ2v) is 11.9. The number of cyclic esters (lactones) is 1. The number of carbonyl (C=O) groups excluding carboxylic acids is 3. The fraction of sp³-hybridized carbons (Fsp3) is 0.821. The molecule has 2 aliphatic rings. The summed E-state index contributed by atoms with van der Waals surface area (Å²) in [5.41, 5.74) is -3.90. The number of nitrogens with zero attached hydrogens (tertiary/aromatic N) is 1. The molecule has 11 atom stereocenters. The molecule has 0 spiro atoms. The van der Waals surface area contributed by atoms with E-state index in [-0.39, 0.29) is 31.6 Å². The topological polar surface area (TPSA) is 144 Å². The van der Waals surface area contributed by atoms with E-state index in [1.807, 2.05) is 21.0 Å². The summed E-state index contributed by atoms with van der Waals surface area (Å²) in [5, 5.41) is 24.4. The molecule has 40 heavy (non-hydrogen) atoms. The molecule has 2 heterocycles. The number of esters is 1. The number of aliphatic hydroxyl groups is 2. The van der Waals surface area contributed by atoms with Crippen molar-refractivity contribution >= 4 is 29.3 Å². The lowest BCUT2D eigenvalue weighted by Crippen LogP contribution is -2.55. The van der Waals surface area contributed by atoms with Gasteiger partial charge in [0.05, 0.1) is 36.9 Å². The number of ketones is 1. The zero-order chi connectivity index (χ0) is 30.4. The summed E-state index contributed by atoms with van der Waals surface area (Å²) in [7, 11) is 3.97. The van der Waals surface area contributed by atoms with Crippen LogP contribution in [0, 0.1) is 11.8 Å². The minimum atomic E-state index is -2.18. The first-order valence-electron chi connectivity index (χ1n) is 13.9. The highest BCUT2D eigenvalue weighted by Crippen LogP contribution is 2.30. The third-order valence-corrected chi connectivity index (χ3v) is 8.26. The first-order chi connectivity index (χ1) is 18.6. The summed E-state index contributed by atoms with van der Waals surface area (Å²) in [5.74, 6) is -4.37. The Morgan fingerprint density at radius 1 is 1.15 bits per heavy atom. The largest absolute Gasteiger partial charge is 0.442 e. The van der Waals surface area contributed by atoms with Crippen molar-refractivity contribution in [3.63, 3.8) is 0 Å². The fourth-order valence-corrected chi connectivity index (χ4v) is 5.17. The highest BCUT2D eigenvalue weighted by Gasteiger charge is 2.46. The number of rotatable bonds is 6. The van der Waals surface area contributed by atoms with Gasteiger partial charge in [-0.2, -0.15) is 0 Å². The quantitative estimate of drug-likeness (QED) is 0.181. The summed E-state index contributed by atoms with van der Waals surface area (Å²) in [6, 6.07) is -0.274. The van der Waals surface area contributed by atoms with Crippen molar-refractivity contribution in [3.05, 3.63) is 12.7 Å². The van der Waals surface area contributed by atoms with Crippen molar-refractivity contribution in [1.29, 1.82) is 0 Å². The van der Waals surface area contributed by atoms with Gasteiger partial charge in [0, 0.05) is 24.9 Å². The van der Waals surface area contributed by atoms with Gasteiger partial charge >= 0.3 is 5.97 Å². The van der Waals surface area contributed by atoms with Gasteiger partial charge in [-0.15, -0.1) is 6.58 Å². The molecular formula is C28H47ClN2O9. The molecule has 2 aliphatic heterocycles. The molecule has 0 aliphatic carbocycles. The summed E-state index contributed by atoms with van der Waals surface area (Å²) >= 11 is 6.17. The van der Waals surface area contributed by atoms with E-state index in [2.05, 4.69) is 16.8 Å². The van der Waals surface area contributed by atoms with Crippen LogP contribution in [0.1, 0.15) is 60.3 Å². The lowest BCUT2D eigenvalue weighted by molar-refractivity contribution is -0.239. The number of nitrogens with one attached hydrogen (secondary N) is 1. The first-order valence-corrected chi connectivity index (χ1v) is 14.3. The monoisotopic (exact) mass is 590 g/mol. The normalized spacial score (nSPS) is 41.0. The summed E-state index contributed by atoms with van der Waals surface area (Å²) in [6.45, 7) is 11.6. The van der Waals surface area contributed by atoms with E-state index in [1.54, 1.807) is 13.0 Å². The average Bonchev–Trinajstić information content (AvgIpc) is 2.88. The van der Waals surface area contributed by atoms with Crippen LogP contribution in [0.2, 0.25) is 0 Å². The van der Waals surface area contributed by atoms with Crippen molar-refractivity contribution in [2.24, 2.45) is 11.8 Å². The SMILES string of the molecule is C=CCOC1C[C@@H](C)NC(=O)C(C)C(O)[C@](C)(O)[C@@H](Cl)OC(=O)C(C)C(=O)C[C@H]1OC1CC(N(C)C)CC(C)O1. The number of amides is 1. The molecule has 2 rings (SSSR count). The number of Topliss-reactive ketones (excluding diaryl/α,β-unsaturated/α-hetero) is 1. The maximum absolute atomic E-state index is 13.4. The van der Waals surface area contributed by atoms with E-state index in [4.69, 9.17) is 30.5 Å². The van der Waals surface area contributed by atoms with Crippen LogP contribution < -0.4 is 5.32 Å². The molecule has 7 unspecified atom stereocenters. The third-order valence-electron chi connectivity index (χ3n) is 7.73. The molecule has 2 saturated heterocycles.